The number of benzene rings is 3. The number of aromatic nitrogens is 1. The van der Waals surface area contributed by atoms with Crippen molar-refractivity contribution in [3.8, 4) is 0 Å². The lowest BCUT2D eigenvalue weighted by atomic mass is 9.92. The molecule has 0 fully saturated rings. The molecule has 5 rings (SSSR count). The zero-order valence-corrected chi connectivity index (χ0v) is 24.9. The molecule has 0 unspecified atom stereocenters. The number of hydrogen-bond acceptors (Lipinski definition) is 3. The molecule has 4 aromatic rings. The Bertz CT molecular complexity index is 1680. The first-order valence-corrected chi connectivity index (χ1v) is 14.5. The van der Waals surface area contributed by atoms with Crippen LogP contribution in [-0.4, -0.2) is 59.9 Å². The zero-order chi connectivity index (χ0) is 31.4. The summed E-state index contributed by atoms with van der Waals surface area (Å²) in [6.45, 7) is 2.93. The first-order valence-electron chi connectivity index (χ1n) is 14.5. The highest BCUT2D eigenvalue weighted by Gasteiger charge is 2.35. The first kappa shape index (κ1) is 30.9. The molecule has 3 amide bonds. The van der Waals surface area contributed by atoms with Gasteiger partial charge in [0, 0.05) is 48.3 Å². The highest BCUT2D eigenvalue weighted by atomic mass is 19.4. The number of aromatic amines is 1. The van der Waals surface area contributed by atoms with E-state index in [4.69, 9.17) is 0 Å². The molecule has 3 N–H and O–H groups in total. The van der Waals surface area contributed by atoms with Crippen molar-refractivity contribution in [3.63, 3.8) is 0 Å². The third-order valence-corrected chi connectivity index (χ3v) is 7.94. The third kappa shape index (κ3) is 6.97. The first-order chi connectivity index (χ1) is 21.0. The van der Waals surface area contributed by atoms with Crippen LogP contribution in [0.4, 0.5) is 23.7 Å². The Kier molecular flexibility index (Phi) is 9.10. The molecule has 0 saturated carbocycles. The second-order valence-corrected chi connectivity index (χ2v) is 11.4. The van der Waals surface area contributed by atoms with Crippen LogP contribution in [0.25, 0.3) is 16.5 Å². The minimum atomic E-state index is -4.48. The van der Waals surface area contributed by atoms with Gasteiger partial charge in [0.15, 0.2) is 0 Å². The molecular formula is C34H36F3N5O2. The molecule has 1 aliphatic rings. The second kappa shape index (κ2) is 13.0. The number of nitrogens with zero attached hydrogens (tertiary/aromatic N) is 2. The van der Waals surface area contributed by atoms with Crippen LogP contribution < -0.4 is 10.6 Å². The summed E-state index contributed by atoms with van der Waals surface area (Å²) in [5.41, 5.74) is 3.43. The van der Waals surface area contributed by atoms with Crippen LogP contribution in [0.3, 0.4) is 0 Å². The van der Waals surface area contributed by atoms with Crippen molar-refractivity contribution in [3.05, 3.63) is 107 Å². The van der Waals surface area contributed by atoms with Crippen LogP contribution in [0.5, 0.6) is 0 Å². The van der Waals surface area contributed by atoms with E-state index in [-0.39, 0.29) is 31.0 Å². The van der Waals surface area contributed by atoms with Gasteiger partial charge in [-0.3, -0.25) is 4.79 Å². The predicted molar refractivity (Wildman–Crippen MR) is 167 cm³/mol. The Morgan fingerprint density at radius 2 is 1.77 bits per heavy atom. The molecule has 44 heavy (non-hydrogen) atoms. The normalized spacial score (nSPS) is 15.2. The van der Waals surface area contributed by atoms with Gasteiger partial charge in [0.05, 0.1) is 5.56 Å². The molecular weight excluding hydrogens is 567 g/mol. The van der Waals surface area contributed by atoms with E-state index in [1.54, 1.807) is 12.1 Å². The summed E-state index contributed by atoms with van der Waals surface area (Å²) in [5, 5.41) is 6.88. The maximum absolute atomic E-state index is 13.8. The van der Waals surface area contributed by atoms with Gasteiger partial charge in [-0.05, 0) is 67.0 Å². The van der Waals surface area contributed by atoms with E-state index in [9.17, 15) is 22.8 Å². The van der Waals surface area contributed by atoms with E-state index in [1.165, 1.54) is 17.0 Å². The number of hydrogen-bond donors (Lipinski definition) is 3. The Morgan fingerprint density at radius 3 is 2.50 bits per heavy atom. The minimum Gasteiger partial charge on any atom is -0.361 e. The van der Waals surface area contributed by atoms with Crippen LogP contribution in [-0.2, 0) is 17.5 Å². The SMILES string of the molecule is C[C@H](c1c[nH]c2ccccc12)[C@@H](NC(=O)N1CC=C(c2ccccc2C(F)(F)F)CC1)C(=O)Nc1cccc(CN(C)C)c1. The Labute approximate surface area is 254 Å². The summed E-state index contributed by atoms with van der Waals surface area (Å²) in [6, 6.07) is 19.4. The monoisotopic (exact) mass is 603 g/mol. The average Bonchev–Trinajstić information content (AvgIpc) is 3.43. The van der Waals surface area contributed by atoms with Crippen LogP contribution in [0.15, 0.2) is 85.1 Å². The fraction of sp³-hybridized carbons (Fsp3) is 0.294. The number of nitrogens with one attached hydrogen (secondary N) is 3. The molecule has 3 aromatic carbocycles. The number of H-pyrrole nitrogens is 1. The maximum Gasteiger partial charge on any atom is 0.416 e. The third-order valence-electron chi connectivity index (χ3n) is 7.94. The van der Waals surface area contributed by atoms with Gasteiger partial charge in [-0.2, -0.15) is 13.2 Å². The summed E-state index contributed by atoms with van der Waals surface area (Å²) in [5.74, 6) is -0.778. The predicted octanol–water partition coefficient (Wildman–Crippen LogP) is 6.86. The number of carbonyl (C=O) groups is 2. The number of anilines is 1. The molecule has 0 saturated heterocycles. The van der Waals surface area contributed by atoms with Gasteiger partial charge in [0.25, 0.3) is 0 Å². The van der Waals surface area contributed by atoms with E-state index in [0.29, 0.717) is 17.8 Å². The molecule has 1 aliphatic heterocycles. The molecule has 0 radical (unpaired) electrons. The lowest BCUT2D eigenvalue weighted by Crippen LogP contribution is -2.52. The van der Waals surface area contributed by atoms with Gasteiger partial charge in [0.1, 0.15) is 6.04 Å². The largest absolute Gasteiger partial charge is 0.416 e. The number of amides is 3. The minimum absolute atomic E-state index is 0.121. The van der Waals surface area contributed by atoms with E-state index in [0.717, 1.165) is 28.1 Å². The van der Waals surface area contributed by atoms with E-state index in [1.807, 2.05) is 80.6 Å². The van der Waals surface area contributed by atoms with E-state index < -0.39 is 29.7 Å². The van der Waals surface area contributed by atoms with Gasteiger partial charge >= 0.3 is 12.2 Å². The van der Waals surface area contributed by atoms with Crippen molar-refractivity contribution in [2.24, 2.45) is 0 Å². The van der Waals surface area contributed by atoms with Crippen molar-refractivity contribution in [2.75, 3.05) is 32.5 Å². The van der Waals surface area contributed by atoms with Crippen LogP contribution in [0.1, 0.15) is 41.5 Å². The molecule has 1 aromatic heterocycles. The van der Waals surface area contributed by atoms with Crippen molar-refractivity contribution < 1.29 is 22.8 Å². The standard InChI is InChI=1S/C34H36F3N5O2/c1-22(28-20-38-30-14-7-5-12-27(28)30)31(32(43)39-25-10-8-9-23(19-25)21-41(2)3)40-33(44)42-17-15-24(16-18-42)26-11-4-6-13-29(26)34(35,36)37/h4-15,19-20,22,31,38H,16-18,21H2,1-3H3,(H,39,43)(H,40,44)/t22-,31-/m1/s1. The van der Waals surface area contributed by atoms with Gasteiger partial charge in [-0.1, -0.05) is 61.5 Å². The van der Waals surface area contributed by atoms with Crippen molar-refractivity contribution >= 4 is 34.1 Å². The molecule has 7 nitrogen and oxygen atoms in total. The average molecular weight is 604 g/mol. The Hall–Kier alpha value is -4.57. The van der Waals surface area contributed by atoms with Gasteiger partial charge in [-0.25, -0.2) is 4.79 Å². The maximum atomic E-state index is 13.8. The number of rotatable bonds is 8. The number of carbonyl (C=O) groups excluding carboxylic acids is 2. The van der Waals surface area contributed by atoms with Gasteiger partial charge < -0.3 is 25.4 Å². The van der Waals surface area contributed by atoms with Crippen LogP contribution in [0.2, 0.25) is 0 Å². The molecule has 0 aliphatic carbocycles. The summed E-state index contributed by atoms with van der Waals surface area (Å²) in [4.78, 5) is 34.2. The fourth-order valence-corrected chi connectivity index (χ4v) is 5.73. The zero-order valence-electron chi connectivity index (χ0n) is 24.9. The van der Waals surface area contributed by atoms with E-state index >= 15 is 0 Å². The molecule has 2 heterocycles. The molecule has 10 heteroatoms. The summed E-state index contributed by atoms with van der Waals surface area (Å²) < 4.78 is 40.8. The quantitative estimate of drug-likeness (QED) is 0.206. The lowest BCUT2D eigenvalue weighted by Gasteiger charge is -2.31. The molecule has 2 atom stereocenters. The van der Waals surface area contributed by atoms with Crippen LogP contribution >= 0.6 is 0 Å². The summed E-state index contributed by atoms with van der Waals surface area (Å²) in [6.07, 6.45) is -0.708. The number of para-hydroxylation sites is 1. The second-order valence-electron chi connectivity index (χ2n) is 11.4. The number of alkyl halides is 3. The van der Waals surface area contributed by atoms with Crippen LogP contribution in [0, 0.1) is 0 Å². The highest BCUT2D eigenvalue weighted by molar-refractivity contribution is 5.98. The smallest absolute Gasteiger partial charge is 0.361 e. The van der Waals surface area contributed by atoms with Gasteiger partial charge in [0.2, 0.25) is 5.91 Å². The molecule has 0 spiro atoms. The fourth-order valence-electron chi connectivity index (χ4n) is 5.73. The van der Waals surface area contributed by atoms with Gasteiger partial charge in [-0.15, -0.1) is 0 Å². The summed E-state index contributed by atoms with van der Waals surface area (Å²) >= 11 is 0. The number of fused-ring (bicyclic) bond motifs is 1. The number of halogens is 3. The lowest BCUT2D eigenvalue weighted by molar-refractivity contribution is -0.137. The molecule has 0 bridgehead atoms. The van der Waals surface area contributed by atoms with E-state index in [2.05, 4.69) is 15.6 Å². The van der Waals surface area contributed by atoms with Crippen molar-refractivity contribution in [1.82, 2.24) is 20.1 Å². The topological polar surface area (TPSA) is 80.5 Å². The Balaban J connectivity index is 1.37. The number of urea groups is 1. The molecule has 230 valence electrons. The summed E-state index contributed by atoms with van der Waals surface area (Å²) in [7, 11) is 3.93. The highest BCUT2D eigenvalue weighted by Crippen LogP contribution is 2.36. The van der Waals surface area contributed by atoms with Crippen molar-refractivity contribution in [2.45, 2.75) is 38.0 Å². The Morgan fingerprint density at radius 1 is 1.02 bits per heavy atom. The van der Waals surface area contributed by atoms with Crippen molar-refractivity contribution in [1.29, 1.82) is 0 Å².